The number of hydrogen-bond donors (Lipinski definition) is 1. The van der Waals surface area contributed by atoms with Crippen molar-refractivity contribution in [2.24, 2.45) is 11.8 Å². The predicted octanol–water partition coefficient (Wildman–Crippen LogP) is 3.56. The predicted molar refractivity (Wildman–Crippen MR) is 131 cm³/mol. The molecule has 1 heterocycles. The number of benzene rings is 1. The van der Waals surface area contributed by atoms with Crippen molar-refractivity contribution in [3.05, 3.63) is 23.8 Å². The van der Waals surface area contributed by atoms with E-state index in [1.807, 2.05) is 18.7 Å². The molecule has 1 fully saturated rings. The molecule has 3 amide bonds. The molecule has 0 radical (unpaired) electrons. The van der Waals surface area contributed by atoms with Gasteiger partial charge in [-0.1, -0.05) is 13.8 Å². The maximum Gasteiger partial charge on any atom is 0.257 e. The fraction of sp³-hybridized carbons (Fsp3) is 0.654. The Hall–Kier alpha value is -2.61. The highest BCUT2D eigenvalue weighted by Gasteiger charge is 2.33. The number of amides is 3. The summed E-state index contributed by atoms with van der Waals surface area (Å²) in [5, 5.41) is 2.85. The van der Waals surface area contributed by atoms with Crippen molar-refractivity contribution in [3.8, 4) is 5.75 Å². The fourth-order valence-electron chi connectivity index (χ4n) is 4.34. The Morgan fingerprint density at radius 3 is 2.59 bits per heavy atom. The van der Waals surface area contributed by atoms with Crippen LogP contribution in [0.4, 0.5) is 5.69 Å². The first-order valence-electron chi connectivity index (χ1n) is 12.4. The van der Waals surface area contributed by atoms with Gasteiger partial charge in [-0.05, 0) is 50.3 Å². The molecule has 1 aromatic carbocycles. The number of carbonyl (C=O) groups excluding carboxylic acids is 3. The van der Waals surface area contributed by atoms with Gasteiger partial charge in [0.05, 0.1) is 17.7 Å². The van der Waals surface area contributed by atoms with Gasteiger partial charge in [-0.15, -0.1) is 0 Å². The number of ether oxygens (including phenoxy) is 2. The van der Waals surface area contributed by atoms with E-state index >= 15 is 0 Å². The Morgan fingerprint density at radius 1 is 1.21 bits per heavy atom. The molecule has 8 nitrogen and oxygen atoms in total. The van der Waals surface area contributed by atoms with Crippen molar-refractivity contribution >= 4 is 23.4 Å². The van der Waals surface area contributed by atoms with Crippen LogP contribution in [0, 0.1) is 11.8 Å². The van der Waals surface area contributed by atoms with Gasteiger partial charge in [0.1, 0.15) is 12.4 Å². The monoisotopic (exact) mass is 473 g/mol. The molecule has 3 atom stereocenters. The molecule has 0 saturated heterocycles. The lowest BCUT2D eigenvalue weighted by atomic mass is 10.0. The lowest BCUT2D eigenvalue weighted by Crippen LogP contribution is -2.48. The standard InChI is InChI=1S/C26H39N3O5/c1-6-7-24(30)27-20-10-11-22-21(13-20)26(32)28(4)15-23(33-5)17(2)14-29(18(3)16-34-22)25(31)12-19-8-9-19/h10-11,13,17-19,23H,6-9,12,14-16H2,1-5H3,(H,27,30)/t17-,18-,23+/m0/s1. The largest absolute Gasteiger partial charge is 0.491 e. The Labute approximate surface area is 202 Å². The summed E-state index contributed by atoms with van der Waals surface area (Å²) >= 11 is 0. The van der Waals surface area contributed by atoms with Crippen molar-refractivity contribution in [2.75, 3.05) is 39.2 Å². The van der Waals surface area contributed by atoms with Gasteiger partial charge >= 0.3 is 0 Å². The van der Waals surface area contributed by atoms with Crippen LogP contribution in [0.5, 0.6) is 5.75 Å². The van der Waals surface area contributed by atoms with Gasteiger partial charge in [0.25, 0.3) is 5.91 Å². The van der Waals surface area contributed by atoms with Crippen LogP contribution in [0.15, 0.2) is 18.2 Å². The van der Waals surface area contributed by atoms with Crippen LogP contribution in [0.3, 0.4) is 0 Å². The quantitative estimate of drug-likeness (QED) is 0.683. The number of methoxy groups -OCH3 is 1. The smallest absolute Gasteiger partial charge is 0.257 e. The van der Waals surface area contributed by atoms with E-state index in [2.05, 4.69) is 12.2 Å². The van der Waals surface area contributed by atoms with Crippen molar-refractivity contribution in [1.82, 2.24) is 9.80 Å². The highest BCUT2D eigenvalue weighted by molar-refractivity contribution is 5.99. The first kappa shape index (κ1) is 26.0. The average molecular weight is 474 g/mol. The summed E-state index contributed by atoms with van der Waals surface area (Å²) in [6.45, 7) is 7.17. The molecular weight excluding hydrogens is 434 g/mol. The molecular formula is C26H39N3O5. The van der Waals surface area contributed by atoms with Gasteiger partial charge < -0.3 is 24.6 Å². The van der Waals surface area contributed by atoms with Gasteiger partial charge in [0.15, 0.2) is 0 Å². The van der Waals surface area contributed by atoms with Gasteiger partial charge in [0.2, 0.25) is 11.8 Å². The Morgan fingerprint density at radius 2 is 1.94 bits per heavy atom. The number of hydrogen-bond acceptors (Lipinski definition) is 5. The second-order valence-corrected chi connectivity index (χ2v) is 9.80. The van der Waals surface area contributed by atoms with Crippen LogP contribution in [0.1, 0.15) is 63.2 Å². The second-order valence-electron chi connectivity index (χ2n) is 9.80. The number of anilines is 1. The second kappa shape index (κ2) is 11.7. The Kier molecular flexibility index (Phi) is 8.94. The zero-order chi connectivity index (χ0) is 24.8. The minimum Gasteiger partial charge on any atom is -0.491 e. The van der Waals surface area contributed by atoms with E-state index in [0.717, 1.165) is 19.3 Å². The van der Waals surface area contributed by atoms with E-state index in [4.69, 9.17) is 9.47 Å². The summed E-state index contributed by atoms with van der Waals surface area (Å²) in [4.78, 5) is 42.1. The third kappa shape index (κ3) is 6.72. The lowest BCUT2D eigenvalue weighted by molar-refractivity contribution is -0.135. The summed E-state index contributed by atoms with van der Waals surface area (Å²) in [6, 6.07) is 4.97. The summed E-state index contributed by atoms with van der Waals surface area (Å²) in [5.74, 6) is 0.825. The zero-order valence-electron chi connectivity index (χ0n) is 21.1. The molecule has 8 heteroatoms. The van der Waals surface area contributed by atoms with Gasteiger partial charge in [0, 0.05) is 51.7 Å². The average Bonchev–Trinajstić information content (AvgIpc) is 3.62. The van der Waals surface area contributed by atoms with Crippen LogP contribution in [0.2, 0.25) is 0 Å². The Balaban J connectivity index is 1.90. The lowest BCUT2D eigenvalue weighted by Gasteiger charge is -2.36. The fourth-order valence-corrected chi connectivity index (χ4v) is 4.34. The molecule has 0 bridgehead atoms. The number of nitrogens with zero attached hydrogens (tertiary/aromatic N) is 2. The molecule has 1 aliphatic heterocycles. The molecule has 0 spiro atoms. The highest BCUT2D eigenvalue weighted by Crippen LogP contribution is 2.33. The van der Waals surface area contributed by atoms with E-state index < -0.39 is 0 Å². The normalized spacial score (nSPS) is 23.9. The van der Waals surface area contributed by atoms with Crippen molar-refractivity contribution < 1.29 is 23.9 Å². The molecule has 1 aliphatic carbocycles. The molecule has 1 aromatic rings. The number of rotatable bonds is 6. The van der Waals surface area contributed by atoms with Crippen LogP contribution in [0.25, 0.3) is 0 Å². The third-order valence-corrected chi connectivity index (χ3v) is 6.69. The van der Waals surface area contributed by atoms with Crippen LogP contribution < -0.4 is 10.1 Å². The molecule has 188 valence electrons. The highest BCUT2D eigenvalue weighted by atomic mass is 16.5. The van der Waals surface area contributed by atoms with Crippen LogP contribution in [-0.4, -0.2) is 73.5 Å². The Bertz CT molecular complexity index is 885. The van der Waals surface area contributed by atoms with E-state index in [0.29, 0.717) is 48.8 Å². The van der Waals surface area contributed by atoms with Crippen molar-refractivity contribution in [1.29, 1.82) is 0 Å². The van der Waals surface area contributed by atoms with Gasteiger partial charge in [-0.2, -0.15) is 0 Å². The van der Waals surface area contributed by atoms with Crippen LogP contribution >= 0.6 is 0 Å². The zero-order valence-corrected chi connectivity index (χ0v) is 21.1. The minimum atomic E-state index is -0.228. The number of carbonyl (C=O) groups is 3. The summed E-state index contributed by atoms with van der Waals surface area (Å²) < 4.78 is 11.9. The maximum atomic E-state index is 13.4. The molecule has 3 rings (SSSR count). The minimum absolute atomic E-state index is 0.0319. The number of likely N-dealkylation sites (N-methyl/N-ethyl adjacent to an activating group) is 1. The SMILES string of the molecule is CCCC(=O)Nc1ccc2c(c1)C(=O)N(C)C[C@@H](OC)[C@@H](C)CN(C(=O)CC1CC1)[C@@H](C)CO2. The van der Waals surface area contributed by atoms with Gasteiger partial charge in [-0.25, -0.2) is 0 Å². The first-order chi connectivity index (χ1) is 16.2. The molecule has 0 unspecified atom stereocenters. The van der Waals surface area contributed by atoms with Crippen molar-refractivity contribution in [2.45, 2.75) is 65.0 Å². The summed E-state index contributed by atoms with van der Waals surface area (Å²) in [6.07, 6.45) is 3.75. The third-order valence-electron chi connectivity index (χ3n) is 6.69. The molecule has 2 aliphatic rings. The number of nitrogens with one attached hydrogen (secondary N) is 1. The van der Waals surface area contributed by atoms with Crippen LogP contribution in [-0.2, 0) is 14.3 Å². The first-order valence-corrected chi connectivity index (χ1v) is 12.4. The maximum absolute atomic E-state index is 13.4. The van der Waals surface area contributed by atoms with Gasteiger partial charge in [-0.3, -0.25) is 14.4 Å². The van der Waals surface area contributed by atoms with E-state index in [9.17, 15) is 14.4 Å². The van der Waals surface area contributed by atoms with E-state index in [1.165, 1.54) is 0 Å². The van der Waals surface area contributed by atoms with Crippen molar-refractivity contribution in [3.63, 3.8) is 0 Å². The molecule has 34 heavy (non-hydrogen) atoms. The molecule has 0 aromatic heterocycles. The topological polar surface area (TPSA) is 88.2 Å². The molecule has 1 N–H and O–H groups in total. The molecule has 1 saturated carbocycles. The van der Waals surface area contributed by atoms with E-state index in [-0.39, 0.29) is 42.4 Å². The summed E-state index contributed by atoms with van der Waals surface area (Å²) in [5.41, 5.74) is 0.934. The summed E-state index contributed by atoms with van der Waals surface area (Å²) in [7, 11) is 3.38. The number of fused-ring (bicyclic) bond motifs is 1. The van der Waals surface area contributed by atoms with E-state index in [1.54, 1.807) is 37.3 Å².